The largest absolute Gasteiger partial charge is 0.361 e. The van der Waals surface area contributed by atoms with Gasteiger partial charge in [-0.3, -0.25) is 0 Å². The molecule has 0 aliphatic heterocycles. The number of aromatic amines is 1. The van der Waals surface area contributed by atoms with Gasteiger partial charge in [0.15, 0.2) is 0 Å². The number of benzene rings is 1. The third-order valence-electron chi connectivity index (χ3n) is 2.53. The Kier molecular flexibility index (Phi) is 2.85. The SMILES string of the molecule is CC(C)C(c1ccccc1)n1nn[nH]c1=O. The van der Waals surface area contributed by atoms with Gasteiger partial charge in [0.05, 0.1) is 6.04 Å². The molecule has 0 aliphatic carbocycles. The van der Waals surface area contributed by atoms with Crippen molar-refractivity contribution in [3.05, 3.63) is 46.4 Å². The maximum atomic E-state index is 11.5. The van der Waals surface area contributed by atoms with Gasteiger partial charge in [0.25, 0.3) is 0 Å². The highest BCUT2D eigenvalue weighted by Gasteiger charge is 2.20. The number of hydrogen-bond acceptors (Lipinski definition) is 3. The Balaban J connectivity index is 2.48. The monoisotopic (exact) mass is 218 g/mol. The van der Waals surface area contributed by atoms with Crippen molar-refractivity contribution in [3.8, 4) is 0 Å². The van der Waals surface area contributed by atoms with Gasteiger partial charge >= 0.3 is 5.69 Å². The van der Waals surface area contributed by atoms with Crippen molar-refractivity contribution >= 4 is 0 Å². The van der Waals surface area contributed by atoms with Gasteiger partial charge in [0, 0.05) is 0 Å². The van der Waals surface area contributed by atoms with Crippen molar-refractivity contribution in [1.29, 1.82) is 0 Å². The van der Waals surface area contributed by atoms with Crippen LogP contribution in [0.15, 0.2) is 35.1 Å². The third kappa shape index (κ3) is 1.88. The Morgan fingerprint density at radius 1 is 1.25 bits per heavy atom. The van der Waals surface area contributed by atoms with Gasteiger partial charge in [-0.2, -0.15) is 4.68 Å². The number of tetrazole rings is 1. The van der Waals surface area contributed by atoms with Crippen LogP contribution in [0.4, 0.5) is 0 Å². The molecule has 1 aromatic heterocycles. The average molecular weight is 218 g/mol. The summed E-state index contributed by atoms with van der Waals surface area (Å²) in [6.07, 6.45) is 0. The van der Waals surface area contributed by atoms with Crippen molar-refractivity contribution in [3.63, 3.8) is 0 Å². The lowest BCUT2D eigenvalue weighted by molar-refractivity contribution is 0.386. The van der Waals surface area contributed by atoms with E-state index in [2.05, 4.69) is 29.4 Å². The first-order chi connectivity index (χ1) is 7.70. The molecule has 1 unspecified atom stereocenters. The molecule has 0 saturated heterocycles. The standard InChI is InChI=1S/C11H14N4O/c1-8(2)10(9-6-4-3-5-7-9)15-11(16)12-13-14-15/h3-8,10H,1-2H3,(H,12,14,16). The minimum absolute atomic E-state index is 0.0764. The van der Waals surface area contributed by atoms with Gasteiger partial charge in [-0.05, 0) is 21.9 Å². The molecule has 16 heavy (non-hydrogen) atoms. The molecule has 0 radical (unpaired) electrons. The molecule has 0 saturated carbocycles. The van der Waals surface area contributed by atoms with Crippen molar-refractivity contribution in [2.75, 3.05) is 0 Å². The van der Waals surface area contributed by atoms with Crippen LogP contribution in [0.1, 0.15) is 25.5 Å². The molecule has 2 aromatic rings. The van der Waals surface area contributed by atoms with Crippen LogP contribution in [-0.2, 0) is 0 Å². The van der Waals surface area contributed by atoms with Crippen molar-refractivity contribution in [2.24, 2.45) is 5.92 Å². The molecule has 1 N–H and O–H groups in total. The summed E-state index contributed by atoms with van der Waals surface area (Å²) in [5.41, 5.74) is 0.788. The minimum Gasteiger partial charge on any atom is -0.244 e. The van der Waals surface area contributed by atoms with Gasteiger partial charge in [-0.15, -0.1) is 0 Å². The van der Waals surface area contributed by atoms with E-state index in [4.69, 9.17) is 0 Å². The molecule has 84 valence electrons. The molecule has 5 heteroatoms. The predicted molar refractivity (Wildman–Crippen MR) is 60.1 cm³/mol. The van der Waals surface area contributed by atoms with Crippen LogP contribution in [-0.4, -0.2) is 20.2 Å². The zero-order valence-corrected chi connectivity index (χ0v) is 9.29. The molecule has 0 fully saturated rings. The topological polar surface area (TPSA) is 63.6 Å². The van der Waals surface area contributed by atoms with Crippen molar-refractivity contribution in [1.82, 2.24) is 20.2 Å². The Hall–Kier alpha value is -1.91. The average Bonchev–Trinajstić information content (AvgIpc) is 2.66. The highest BCUT2D eigenvalue weighted by Crippen LogP contribution is 2.23. The highest BCUT2D eigenvalue weighted by atomic mass is 16.2. The third-order valence-corrected chi connectivity index (χ3v) is 2.53. The molecule has 5 nitrogen and oxygen atoms in total. The zero-order chi connectivity index (χ0) is 11.5. The minimum atomic E-state index is -0.275. The summed E-state index contributed by atoms with van der Waals surface area (Å²) in [6, 6.07) is 9.77. The Bertz CT molecular complexity index is 500. The van der Waals surface area contributed by atoms with Gasteiger partial charge in [0.2, 0.25) is 0 Å². The highest BCUT2D eigenvalue weighted by molar-refractivity contribution is 5.19. The molecule has 2 rings (SSSR count). The molecule has 0 aliphatic rings. The summed E-state index contributed by atoms with van der Waals surface area (Å²) in [6.45, 7) is 4.11. The van der Waals surface area contributed by atoms with Gasteiger partial charge in [-0.1, -0.05) is 44.2 Å². The van der Waals surface area contributed by atoms with Crippen LogP contribution < -0.4 is 5.69 Å². The lowest BCUT2D eigenvalue weighted by Gasteiger charge is -2.19. The van der Waals surface area contributed by atoms with Crippen LogP contribution in [0, 0.1) is 5.92 Å². The quantitative estimate of drug-likeness (QED) is 0.842. The van der Waals surface area contributed by atoms with E-state index in [9.17, 15) is 4.79 Å². The molecule has 1 atom stereocenters. The predicted octanol–water partition coefficient (Wildman–Crippen LogP) is 1.21. The van der Waals surface area contributed by atoms with E-state index in [-0.39, 0.29) is 17.6 Å². The molecular weight excluding hydrogens is 204 g/mol. The summed E-state index contributed by atoms with van der Waals surface area (Å²) < 4.78 is 1.39. The van der Waals surface area contributed by atoms with E-state index in [1.807, 2.05) is 30.3 Å². The fourth-order valence-electron chi connectivity index (χ4n) is 1.85. The van der Waals surface area contributed by atoms with Gasteiger partial charge < -0.3 is 0 Å². The summed E-state index contributed by atoms with van der Waals surface area (Å²) in [7, 11) is 0. The second-order valence-corrected chi connectivity index (χ2v) is 4.05. The second kappa shape index (κ2) is 4.30. The van der Waals surface area contributed by atoms with Crippen LogP contribution in [0.25, 0.3) is 0 Å². The Morgan fingerprint density at radius 2 is 1.94 bits per heavy atom. The number of aromatic nitrogens is 4. The molecular formula is C11H14N4O. The van der Waals surface area contributed by atoms with Crippen molar-refractivity contribution < 1.29 is 0 Å². The zero-order valence-electron chi connectivity index (χ0n) is 9.29. The Morgan fingerprint density at radius 3 is 2.44 bits per heavy atom. The fraction of sp³-hybridized carbons (Fsp3) is 0.364. The van der Waals surface area contributed by atoms with Gasteiger partial charge in [0.1, 0.15) is 0 Å². The fourth-order valence-corrected chi connectivity index (χ4v) is 1.85. The van der Waals surface area contributed by atoms with Crippen LogP contribution in [0.2, 0.25) is 0 Å². The first kappa shape index (κ1) is 10.6. The smallest absolute Gasteiger partial charge is 0.244 e. The van der Waals surface area contributed by atoms with Crippen LogP contribution >= 0.6 is 0 Å². The summed E-state index contributed by atoms with van der Waals surface area (Å²) in [5.74, 6) is 0.269. The molecule has 1 aromatic carbocycles. The molecule has 0 spiro atoms. The van der Waals surface area contributed by atoms with E-state index < -0.39 is 0 Å². The molecule has 1 heterocycles. The van der Waals surface area contributed by atoms with E-state index in [0.717, 1.165) is 5.56 Å². The Labute approximate surface area is 93.1 Å². The number of nitrogens with one attached hydrogen (secondary N) is 1. The van der Waals surface area contributed by atoms with Gasteiger partial charge in [-0.25, -0.2) is 9.89 Å². The lowest BCUT2D eigenvalue weighted by atomic mass is 9.96. The van der Waals surface area contributed by atoms with E-state index in [0.29, 0.717) is 0 Å². The summed E-state index contributed by atoms with van der Waals surface area (Å²) >= 11 is 0. The van der Waals surface area contributed by atoms with E-state index in [1.165, 1.54) is 4.68 Å². The van der Waals surface area contributed by atoms with E-state index >= 15 is 0 Å². The van der Waals surface area contributed by atoms with Crippen LogP contribution in [0.5, 0.6) is 0 Å². The maximum absolute atomic E-state index is 11.5. The second-order valence-electron chi connectivity index (χ2n) is 4.05. The number of hydrogen-bond donors (Lipinski definition) is 1. The number of rotatable bonds is 3. The molecule has 0 amide bonds. The maximum Gasteiger partial charge on any atom is 0.361 e. The normalized spacial score (nSPS) is 12.9. The summed E-state index contributed by atoms with van der Waals surface area (Å²) in [5, 5.41) is 9.66. The van der Waals surface area contributed by atoms with Crippen molar-refractivity contribution in [2.45, 2.75) is 19.9 Å². The molecule has 0 bridgehead atoms. The lowest BCUT2D eigenvalue weighted by Crippen LogP contribution is -2.27. The number of nitrogens with zero attached hydrogens (tertiary/aromatic N) is 3. The first-order valence-corrected chi connectivity index (χ1v) is 5.25. The van der Waals surface area contributed by atoms with E-state index in [1.54, 1.807) is 0 Å². The van der Waals surface area contributed by atoms with Crippen LogP contribution in [0.3, 0.4) is 0 Å². The summed E-state index contributed by atoms with van der Waals surface area (Å²) in [4.78, 5) is 11.5. The first-order valence-electron chi connectivity index (χ1n) is 5.25. The number of H-pyrrole nitrogens is 1.